The van der Waals surface area contributed by atoms with Crippen LogP contribution in [0, 0.1) is 13.8 Å². The molecule has 0 unspecified atom stereocenters. The zero-order chi connectivity index (χ0) is 20.4. The van der Waals surface area contributed by atoms with E-state index in [1.807, 2.05) is 27.1 Å². The molecule has 0 spiro atoms. The second-order valence-corrected chi connectivity index (χ2v) is 8.37. The summed E-state index contributed by atoms with van der Waals surface area (Å²) < 4.78 is 0. The molecule has 0 amide bonds. The molecule has 1 aliphatic heterocycles. The fraction of sp³-hybridized carbons (Fsp3) is 0.381. The first-order chi connectivity index (χ1) is 14.0. The predicted octanol–water partition coefficient (Wildman–Crippen LogP) is 3.75. The second kappa shape index (κ2) is 8.34. The van der Waals surface area contributed by atoms with E-state index in [0.717, 1.165) is 58.8 Å². The van der Waals surface area contributed by atoms with Crippen molar-refractivity contribution < 1.29 is 0 Å². The minimum absolute atomic E-state index is 0.597. The lowest BCUT2D eigenvalue weighted by molar-refractivity contribution is 0.313. The molecule has 2 aromatic heterocycles. The Bertz CT molecular complexity index is 992. The third kappa shape index (κ3) is 4.33. The summed E-state index contributed by atoms with van der Waals surface area (Å²) in [6, 6.07) is 8.47. The first kappa shape index (κ1) is 19.6. The van der Waals surface area contributed by atoms with Crippen LogP contribution in [0.3, 0.4) is 0 Å². The van der Waals surface area contributed by atoms with Crippen LogP contribution in [0.4, 0.5) is 22.5 Å². The summed E-state index contributed by atoms with van der Waals surface area (Å²) in [6.45, 7) is 8.31. The Labute approximate surface area is 175 Å². The van der Waals surface area contributed by atoms with Gasteiger partial charge in [0.05, 0.1) is 16.3 Å². The van der Waals surface area contributed by atoms with Crippen LogP contribution in [0.15, 0.2) is 30.5 Å². The van der Waals surface area contributed by atoms with E-state index in [-0.39, 0.29) is 0 Å². The zero-order valence-electron chi connectivity index (χ0n) is 17.4. The molecule has 1 fully saturated rings. The maximum atomic E-state index is 4.80. The minimum atomic E-state index is 0.597. The zero-order valence-corrected chi connectivity index (χ0v) is 18.2. The van der Waals surface area contributed by atoms with Crippen molar-refractivity contribution in [3.05, 3.63) is 41.7 Å². The Kier molecular flexibility index (Phi) is 5.64. The van der Waals surface area contributed by atoms with Crippen molar-refractivity contribution in [1.82, 2.24) is 19.9 Å². The number of hydrogen-bond donors (Lipinski definition) is 2. The lowest BCUT2D eigenvalue weighted by atomic mass is 10.2. The summed E-state index contributed by atoms with van der Waals surface area (Å²) in [5.74, 6) is 0.597. The largest absolute Gasteiger partial charge is 0.369 e. The Hall–Kier alpha value is -2.71. The van der Waals surface area contributed by atoms with Gasteiger partial charge in [-0.25, -0.2) is 15.0 Å². The van der Waals surface area contributed by atoms with Crippen LogP contribution < -0.4 is 15.5 Å². The molecule has 8 heteroatoms. The van der Waals surface area contributed by atoms with Crippen molar-refractivity contribution in [2.45, 2.75) is 13.8 Å². The number of aromatic nitrogens is 3. The topological polar surface area (TPSA) is 69.2 Å². The summed E-state index contributed by atoms with van der Waals surface area (Å²) in [4.78, 5) is 19.7. The highest BCUT2D eigenvalue weighted by atomic mass is 32.1. The Balaban J connectivity index is 1.57. The molecule has 0 aliphatic carbocycles. The summed E-state index contributed by atoms with van der Waals surface area (Å²) in [5.41, 5.74) is 5.16. The van der Waals surface area contributed by atoms with Gasteiger partial charge < -0.3 is 20.4 Å². The molecule has 29 heavy (non-hydrogen) atoms. The fourth-order valence-electron chi connectivity index (χ4n) is 3.43. The molecule has 0 saturated carbocycles. The Morgan fingerprint density at radius 1 is 1.07 bits per heavy atom. The smallest absolute Gasteiger partial charge is 0.227 e. The van der Waals surface area contributed by atoms with Gasteiger partial charge in [0.1, 0.15) is 0 Å². The standard InChI is InChI=1S/C21H27N7S/c1-14-13-23-20(26-18(14)19-15(2)24-21(22-3)29-19)25-16-6-5-7-17(12-16)28-10-8-27(4)9-11-28/h5-7,12-13H,8-11H2,1-4H3,(H,22,24)(H,23,25,26). The molecule has 152 valence electrons. The fourth-order valence-corrected chi connectivity index (χ4v) is 4.40. The molecule has 0 bridgehead atoms. The second-order valence-electron chi connectivity index (χ2n) is 7.37. The molecule has 3 aromatic rings. The summed E-state index contributed by atoms with van der Waals surface area (Å²) in [7, 11) is 4.06. The highest BCUT2D eigenvalue weighted by Gasteiger charge is 2.16. The molecule has 4 rings (SSSR count). The maximum absolute atomic E-state index is 4.80. The average Bonchev–Trinajstić information content (AvgIpc) is 3.11. The first-order valence-electron chi connectivity index (χ1n) is 9.83. The molecule has 1 aliphatic rings. The van der Waals surface area contributed by atoms with Gasteiger partial charge in [-0.3, -0.25) is 0 Å². The monoisotopic (exact) mass is 409 g/mol. The van der Waals surface area contributed by atoms with E-state index in [1.165, 1.54) is 5.69 Å². The van der Waals surface area contributed by atoms with E-state index in [0.29, 0.717) is 5.95 Å². The van der Waals surface area contributed by atoms with Gasteiger partial charge in [-0.1, -0.05) is 17.4 Å². The van der Waals surface area contributed by atoms with Gasteiger partial charge in [0.15, 0.2) is 5.13 Å². The summed E-state index contributed by atoms with van der Waals surface area (Å²) >= 11 is 1.61. The third-order valence-electron chi connectivity index (χ3n) is 5.17. The van der Waals surface area contributed by atoms with Crippen LogP contribution >= 0.6 is 11.3 Å². The van der Waals surface area contributed by atoms with E-state index in [1.54, 1.807) is 11.3 Å². The van der Waals surface area contributed by atoms with E-state index in [4.69, 9.17) is 4.98 Å². The molecular formula is C21H27N7S. The van der Waals surface area contributed by atoms with E-state index >= 15 is 0 Å². The van der Waals surface area contributed by atoms with Gasteiger partial charge in [0.2, 0.25) is 5.95 Å². The number of likely N-dealkylation sites (N-methyl/N-ethyl adjacent to an activating group) is 1. The highest BCUT2D eigenvalue weighted by Crippen LogP contribution is 2.33. The quantitative estimate of drug-likeness (QED) is 0.665. The molecular weight excluding hydrogens is 382 g/mol. The lowest BCUT2D eigenvalue weighted by Crippen LogP contribution is -2.44. The number of aryl methyl sites for hydroxylation is 2. The van der Waals surface area contributed by atoms with Crippen LogP contribution in [0.25, 0.3) is 10.6 Å². The Morgan fingerprint density at radius 2 is 1.86 bits per heavy atom. The highest BCUT2D eigenvalue weighted by molar-refractivity contribution is 7.19. The van der Waals surface area contributed by atoms with Crippen molar-refractivity contribution in [1.29, 1.82) is 0 Å². The average molecular weight is 410 g/mol. The van der Waals surface area contributed by atoms with Gasteiger partial charge in [0, 0.05) is 50.8 Å². The van der Waals surface area contributed by atoms with E-state index < -0.39 is 0 Å². The lowest BCUT2D eigenvalue weighted by Gasteiger charge is -2.34. The number of benzene rings is 1. The van der Waals surface area contributed by atoms with Crippen molar-refractivity contribution in [3.8, 4) is 10.6 Å². The van der Waals surface area contributed by atoms with E-state index in [2.05, 4.69) is 61.7 Å². The summed E-state index contributed by atoms with van der Waals surface area (Å²) in [5, 5.41) is 7.39. The normalized spacial score (nSPS) is 14.8. The SMILES string of the molecule is CNc1nc(C)c(-c2nc(Nc3cccc(N4CCN(C)CC4)c3)ncc2C)s1. The van der Waals surface area contributed by atoms with Gasteiger partial charge in [-0.15, -0.1) is 0 Å². The third-order valence-corrected chi connectivity index (χ3v) is 6.35. The molecule has 0 atom stereocenters. The molecule has 2 N–H and O–H groups in total. The number of nitrogens with one attached hydrogen (secondary N) is 2. The van der Waals surface area contributed by atoms with Crippen LogP contribution in [-0.4, -0.2) is 60.1 Å². The minimum Gasteiger partial charge on any atom is -0.369 e. The molecule has 7 nitrogen and oxygen atoms in total. The van der Waals surface area contributed by atoms with Crippen molar-refractivity contribution >= 4 is 33.8 Å². The van der Waals surface area contributed by atoms with Crippen molar-refractivity contribution in [2.75, 3.05) is 55.8 Å². The molecule has 1 aromatic carbocycles. The molecule has 0 radical (unpaired) electrons. The van der Waals surface area contributed by atoms with Crippen molar-refractivity contribution in [2.24, 2.45) is 0 Å². The van der Waals surface area contributed by atoms with Gasteiger partial charge in [-0.05, 0) is 44.7 Å². The Morgan fingerprint density at radius 3 is 2.59 bits per heavy atom. The first-order valence-corrected chi connectivity index (χ1v) is 10.6. The number of anilines is 4. The number of hydrogen-bond acceptors (Lipinski definition) is 8. The number of nitrogens with zero attached hydrogens (tertiary/aromatic N) is 5. The molecule has 3 heterocycles. The predicted molar refractivity (Wildman–Crippen MR) is 122 cm³/mol. The van der Waals surface area contributed by atoms with Gasteiger partial charge in [0.25, 0.3) is 0 Å². The number of thiazole rings is 1. The van der Waals surface area contributed by atoms with Gasteiger partial charge in [-0.2, -0.15) is 0 Å². The van der Waals surface area contributed by atoms with E-state index in [9.17, 15) is 0 Å². The molecule has 1 saturated heterocycles. The van der Waals surface area contributed by atoms with Gasteiger partial charge >= 0.3 is 0 Å². The van der Waals surface area contributed by atoms with Crippen molar-refractivity contribution in [3.63, 3.8) is 0 Å². The summed E-state index contributed by atoms with van der Waals surface area (Å²) in [6.07, 6.45) is 1.87. The van der Waals surface area contributed by atoms with Crippen LogP contribution in [0.2, 0.25) is 0 Å². The number of rotatable bonds is 5. The van der Waals surface area contributed by atoms with Crippen LogP contribution in [0.5, 0.6) is 0 Å². The van der Waals surface area contributed by atoms with Crippen LogP contribution in [0.1, 0.15) is 11.3 Å². The number of piperazine rings is 1. The van der Waals surface area contributed by atoms with Crippen LogP contribution in [-0.2, 0) is 0 Å². The maximum Gasteiger partial charge on any atom is 0.227 e.